The highest BCUT2D eigenvalue weighted by Gasteiger charge is 1.96. The van der Waals surface area contributed by atoms with Crippen molar-refractivity contribution < 1.29 is 5.21 Å². The molecule has 1 rings (SSSR count). The third-order valence-electron chi connectivity index (χ3n) is 1.73. The highest BCUT2D eigenvalue weighted by atomic mass is 16.5. The van der Waals surface area contributed by atoms with Crippen molar-refractivity contribution in [2.75, 3.05) is 5.48 Å². The first kappa shape index (κ1) is 9.07. The van der Waals surface area contributed by atoms with Gasteiger partial charge in [-0.3, -0.25) is 10.7 Å². The summed E-state index contributed by atoms with van der Waals surface area (Å²) in [5.41, 5.74) is 4.16. The van der Waals surface area contributed by atoms with Crippen LogP contribution in [0.1, 0.15) is 19.4 Å². The average molecular weight is 165 g/mol. The quantitative estimate of drug-likeness (QED) is 0.675. The van der Waals surface area contributed by atoms with Crippen LogP contribution in [-0.2, 0) is 6.42 Å². The maximum atomic E-state index is 8.56. The van der Waals surface area contributed by atoms with Gasteiger partial charge >= 0.3 is 0 Å². The lowest BCUT2D eigenvalue weighted by Gasteiger charge is -2.05. The fourth-order valence-corrected chi connectivity index (χ4v) is 1.19. The van der Waals surface area contributed by atoms with Gasteiger partial charge in [0.2, 0.25) is 0 Å². The van der Waals surface area contributed by atoms with Gasteiger partial charge in [-0.25, -0.2) is 0 Å². The molecule has 0 unspecified atom stereocenters. The number of rotatable bonds is 3. The molecule has 0 atom stereocenters. The number of nitrogens with one attached hydrogen (secondary N) is 1. The summed E-state index contributed by atoms with van der Waals surface area (Å²) in [5, 5.41) is 8.56. The van der Waals surface area contributed by atoms with Crippen LogP contribution in [0.2, 0.25) is 0 Å². The largest absolute Gasteiger partial charge is 0.291 e. The molecule has 0 fully saturated rings. The predicted molar refractivity (Wildman–Crippen MR) is 50.4 cm³/mol. The molecule has 0 heterocycles. The molecule has 0 radical (unpaired) electrons. The van der Waals surface area contributed by atoms with Crippen LogP contribution in [0.4, 0.5) is 5.69 Å². The molecule has 0 aliphatic carbocycles. The van der Waals surface area contributed by atoms with Crippen molar-refractivity contribution in [1.82, 2.24) is 0 Å². The molecule has 1 aromatic rings. The van der Waals surface area contributed by atoms with E-state index >= 15 is 0 Å². The minimum atomic E-state index is 0.679. The van der Waals surface area contributed by atoms with Crippen LogP contribution in [0.5, 0.6) is 0 Å². The van der Waals surface area contributed by atoms with E-state index in [-0.39, 0.29) is 0 Å². The number of hydrogen-bond donors (Lipinski definition) is 2. The van der Waals surface area contributed by atoms with E-state index in [9.17, 15) is 0 Å². The maximum absolute atomic E-state index is 8.56. The fraction of sp³-hybridized carbons (Fsp3) is 0.400. The fourth-order valence-electron chi connectivity index (χ4n) is 1.19. The molecule has 66 valence electrons. The molecule has 0 spiro atoms. The SMILES string of the molecule is CC(C)Cc1ccc(NO)cc1. The van der Waals surface area contributed by atoms with Gasteiger partial charge in [-0.15, -0.1) is 0 Å². The highest BCUT2D eigenvalue weighted by Crippen LogP contribution is 2.11. The Morgan fingerprint density at radius 3 is 2.25 bits per heavy atom. The van der Waals surface area contributed by atoms with E-state index in [1.165, 1.54) is 5.56 Å². The predicted octanol–water partition coefficient (Wildman–Crippen LogP) is 2.69. The second-order valence-corrected chi connectivity index (χ2v) is 3.41. The summed E-state index contributed by atoms with van der Waals surface area (Å²) in [6.45, 7) is 4.39. The van der Waals surface area contributed by atoms with Gasteiger partial charge in [-0.2, -0.15) is 0 Å². The van der Waals surface area contributed by atoms with Crippen LogP contribution >= 0.6 is 0 Å². The van der Waals surface area contributed by atoms with Gasteiger partial charge in [0.25, 0.3) is 0 Å². The Morgan fingerprint density at radius 2 is 1.83 bits per heavy atom. The normalized spacial score (nSPS) is 10.3. The third-order valence-corrected chi connectivity index (χ3v) is 1.73. The van der Waals surface area contributed by atoms with Crippen molar-refractivity contribution in [2.45, 2.75) is 20.3 Å². The summed E-state index contributed by atoms with van der Waals surface area (Å²) in [7, 11) is 0. The van der Waals surface area contributed by atoms with Crippen LogP contribution in [-0.4, -0.2) is 5.21 Å². The summed E-state index contributed by atoms with van der Waals surface area (Å²) >= 11 is 0. The van der Waals surface area contributed by atoms with E-state index in [4.69, 9.17) is 5.21 Å². The molecule has 0 bridgehead atoms. The molecular formula is C10H15NO. The number of benzene rings is 1. The summed E-state index contributed by atoms with van der Waals surface area (Å²) in [4.78, 5) is 0. The molecular weight excluding hydrogens is 150 g/mol. The Morgan fingerprint density at radius 1 is 1.25 bits per heavy atom. The lowest BCUT2D eigenvalue weighted by atomic mass is 10.0. The molecule has 2 N–H and O–H groups in total. The van der Waals surface area contributed by atoms with Gasteiger partial charge in [-0.1, -0.05) is 26.0 Å². The Bertz CT molecular complexity index is 228. The standard InChI is InChI=1S/C10H15NO/c1-8(2)7-9-3-5-10(11-12)6-4-9/h3-6,8,11-12H,7H2,1-2H3. The van der Waals surface area contributed by atoms with E-state index in [0.717, 1.165) is 12.1 Å². The first-order chi connectivity index (χ1) is 5.72. The van der Waals surface area contributed by atoms with Gasteiger partial charge in [0.15, 0.2) is 0 Å². The summed E-state index contributed by atoms with van der Waals surface area (Å²) in [5.74, 6) is 0.679. The van der Waals surface area contributed by atoms with Crippen LogP contribution in [0.15, 0.2) is 24.3 Å². The molecule has 0 amide bonds. The van der Waals surface area contributed by atoms with E-state index in [2.05, 4.69) is 19.3 Å². The Balaban J connectivity index is 2.65. The zero-order chi connectivity index (χ0) is 8.97. The summed E-state index contributed by atoms with van der Waals surface area (Å²) in [6, 6.07) is 7.80. The lowest BCUT2D eigenvalue weighted by Crippen LogP contribution is -1.94. The minimum Gasteiger partial charge on any atom is -0.291 e. The third kappa shape index (κ3) is 2.55. The Kier molecular flexibility index (Phi) is 3.11. The first-order valence-electron chi connectivity index (χ1n) is 4.21. The van der Waals surface area contributed by atoms with E-state index in [1.807, 2.05) is 24.3 Å². The van der Waals surface area contributed by atoms with E-state index < -0.39 is 0 Å². The van der Waals surface area contributed by atoms with Crippen molar-refractivity contribution in [2.24, 2.45) is 5.92 Å². The number of hydrogen-bond acceptors (Lipinski definition) is 2. The Hall–Kier alpha value is -1.02. The summed E-state index contributed by atoms with van der Waals surface area (Å²) < 4.78 is 0. The first-order valence-corrected chi connectivity index (χ1v) is 4.21. The highest BCUT2D eigenvalue weighted by molar-refractivity contribution is 5.42. The van der Waals surface area contributed by atoms with Crippen LogP contribution in [0, 0.1) is 5.92 Å². The van der Waals surface area contributed by atoms with Crippen LogP contribution in [0.3, 0.4) is 0 Å². The molecule has 0 saturated heterocycles. The molecule has 1 aromatic carbocycles. The van der Waals surface area contributed by atoms with Crippen molar-refractivity contribution in [1.29, 1.82) is 0 Å². The zero-order valence-electron chi connectivity index (χ0n) is 7.54. The van der Waals surface area contributed by atoms with Crippen LogP contribution in [0.25, 0.3) is 0 Å². The van der Waals surface area contributed by atoms with Gasteiger partial charge < -0.3 is 0 Å². The maximum Gasteiger partial charge on any atom is 0.0602 e. The van der Waals surface area contributed by atoms with Crippen LogP contribution < -0.4 is 5.48 Å². The molecule has 0 aliphatic heterocycles. The van der Waals surface area contributed by atoms with E-state index in [0.29, 0.717) is 5.92 Å². The minimum absolute atomic E-state index is 0.679. The lowest BCUT2D eigenvalue weighted by molar-refractivity contribution is 0.389. The second-order valence-electron chi connectivity index (χ2n) is 3.41. The average Bonchev–Trinajstić information content (AvgIpc) is 2.05. The molecule has 12 heavy (non-hydrogen) atoms. The molecule has 0 aliphatic rings. The molecule has 0 aromatic heterocycles. The van der Waals surface area contributed by atoms with Crippen molar-refractivity contribution >= 4 is 5.69 Å². The van der Waals surface area contributed by atoms with Gasteiger partial charge in [0.1, 0.15) is 0 Å². The van der Waals surface area contributed by atoms with Gasteiger partial charge in [0, 0.05) is 0 Å². The topological polar surface area (TPSA) is 32.3 Å². The smallest absolute Gasteiger partial charge is 0.0602 e. The monoisotopic (exact) mass is 165 g/mol. The Labute approximate surface area is 73.2 Å². The second kappa shape index (κ2) is 4.12. The van der Waals surface area contributed by atoms with Gasteiger partial charge in [-0.05, 0) is 30.0 Å². The van der Waals surface area contributed by atoms with E-state index in [1.54, 1.807) is 0 Å². The number of anilines is 1. The van der Waals surface area contributed by atoms with Gasteiger partial charge in [0.05, 0.1) is 5.69 Å². The summed E-state index contributed by atoms with van der Waals surface area (Å²) in [6.07, 6.45) is 1.09. The van der Waals surface area contributed by atoms with Crippen molar-refractivity contribution in [3.05, 3.63) is 29.8 Å². The van der Waals surface area contributed by atoms with Crippen molar-refractivity contribution in [3.63, 3.8) is 0 Å². The molecule has 2 nitrogen and oxygen atoms in total. The molecule has 0 saturated carbocycles. The zero-order valence-corrected chi connectivity index (χ0v) is 7.54. The van der Waals surface area contributed by atoms with Crippen molar-refractivity contribution in [3.8, 4) is 0 Å². The molecule has 2 heteroatoms.